The quantitative estimate of drug-likeness (QED) is 0.767. The largest absolute Gasteiger partial charge is 0.384 e. The molecule has 0 spiro atoms. The molecule has 1 heterocycles. The molecule has 0 radical (unpaired) electrons. The summed E-state index contributed by atoms with van der Waals surface area (Å²) in [5.41, 5.74) is 5.47. The number of thioether (sulfide) groups is 1. The van der Waals surface area contributed by atoms with E-state index < -0.39 is 0 Å². The van der Waals surface area contributed by atoms with E-state index in [9.17, 15) is 4.79 Å². The van der Waals surface area contributed by atoms with Gasteiger partial charge in [0.2, 0.25) is 5.91 Å². The molecule has 0 atom stereocenters. The first-order chi connectivity index (χ1) is 7.58. The van der Waals surface area contributed by atoms with Crippen molar-refractivity contribution in [1.29, 1.82) is 0 Å². The molecule has 0 aliphatic carbocycles. The first-order valence-electron chi connectivity index (χ1n) is 5.21. The Balaban J connectivity index is 2.25. The number of nitrogens with one attached hydrogen (secondary N) is 1. The monoisotopic (exact) mass is 239 g/mol. The number of nitrogens with two attached hydrogens (primary N) is 1. The van der Waals surface area contributed by atoms with Crippen molar-refractivity contribution in [3.63, 3.8) is 0 Å². The van der Waals surface area contributed by atoms with Gasteiger partial charge in [0, 0.05) is 29.3 Å². The zero-order chi connectivity index (χ0) is 12.0. The Kier molecular flexibility index (Phi) is 5.11. The van der Waals surface area contributed by atoms with E-state index in [1.54, 1.807) is 24.0 Å². The third-order valence-corrected chi connectivity index (χ3v) is 2.79. The van der Waals surface area contributed by atoms with Crippen LogP contribution in [0.3, 0.4) is 0 Å². The molecular formula is C11H17N3OS. The fraction of sp³-hybridized carbons (Fsp3) is 0.455. The van der Waals surface area contributed by atoms with Gasteiger partial charge in [0.05, 0.1) is 0 Å². The zero-order valence-electron chi connectivity index (χ0n) is 9.56. The molecule has 4 nitrogen and oxygen atoms in total. The number of anilines is 1. The summed E-state index contributed by atoms with van der Waals surface area (Å²) in [6, 6.07) is 3.87. The lowest BCUT2D eigenvalue weighted by Crippen LogP contribution is -2.30. The van der Waals surface area contributed by atoms with E-state index >= 15 is 0 Å². The first-order valence-corrected chi connectivity index (χ1v) is 6.20. The summed E-state index contributed by atoms with van der Waals surface area (Å²) in [7, 11) is 0. The van der Waals surface area contributed by atoms with Crippen molar-refractivity contribution in [2.45, 2.75) is 31.2 Å². The fourth-order valence-corrected chi connectivity index (χ4v) is 1.95. The SMILES string of the molecule is CC(C)NC(=O)CCSc1ccc(N)nc1. The molecular weight excluding hydrogens is 222 g/mol. The Morgan fingerprint density at radius 3 is 2.88 bits per heavy atom. The highest BCUT2D eigenvalue weighted by Crippen LogP contribution is 2.17. The van der Waals surface area contributed by atoms with Crippen LogP contribution in [0.2, 0.25) is 0 Å². The van der Waals surface area contributed by atoms with Gasteiger partial charge in [-0.25, -0.2) is 4.98 Å². The highest BCUT2D eigenvalue weighted by atomic mass is 32.2. The highest BCUT2D eigenvalue weighted by Gasteiger charge is 2.03. The van der Waals surface area contributed by atoms with Crippen LogP contribution in [0.15, 0.2) is 23.2 Å². The molecule has 88 valence electrons. The van der Waals surface area contributed by atoms with Crippen LogP contribution in [0.1, 0.15) is 20.3 Å². The van der Waals surface area contributed by atoms with Crippen LogP contribution in [0, 0.1) is 0 Å². The Morgan fingerprint density at radius 2 is 2.31 bits per heavy atom. The molecule has 5 heteroatoms. The van der Waals surface area contributed by atoms with Crippen molar-refractivity contribution >= 4 is 23.5 Å². The van der Waals surface area contributed by atoms with Crippen LogP contribution < -0.4 is 11.1 Å². The number of hydrogen-bond acceptors (Lipinski definition) is 4. The van der Waals surface area contributed by atoms with Gasteiger partial charge >= 0.3 is 0 Å². The molecule has 1 rings (SSSR count). The van der Waals surface area contributed by atoms with Gasteiger partial charge in [-0.15, -0.1) is 11.8 Å². The second-order valence-corrected chi connectivity index (χ2v) is 4.91. The van der Waals surface area contributed by atoms with Gasteiger partial charge in [0.25, 0.3) is 0 Å². The predicted molar refractivity (Wildman–Crippen MR) is 67.3 cm³/mol. The average Bonchev–Trinajstić information content (AvgIpc) is 2.20. The molecule has 0 saturated carbocycles. The molecule has 0 bridgehead atoms. The fourth-order valence-electron chi connectivity index (χ4n) is 1.13. The van der Waals surface area contributed by atoms with Crippen LogP contribution in [0.25, 0.3) is 0 Å². The van der Waals surface area contributed by atoms with Gasteiger partial charge in [-0.2, -0.15) is 0 Å². The lowest BCUT2D eigenvalue weighted by atomic mass is 10.3. The number of hydrogen-bond donors (Lipinski definition) is 2. The third-order valence-electron chi connectivity index (χ3n) is 1.81. The van der Waals surface area contributed by atoms with Gasteiger partial charge in [-0.1, -0.05) is 0 Å². The molecule has 0 fully saturated rings. The summed E-state index contributed by atoms with van der Waals surface area (Å²) in [5, 5.41) is 2.85. The van der Waals surface area contributed by atoms with E-state index in [-0.39, 0.29) is 11.9 Å². The standard InChI is InChI=1S/C11H17N3OS/c1-8(2)14-11(15)5-6-16-9-3-4-10(12)13-7-9/h3-4,7-8H,5-6H2,1-2H3,(H2,12,13)(H,14,15). The number of carbonyl (C=O) groups is 1. The normalized spacial score (nSPS) is 10.4. The van der Waals surface area contributed by atoms with Crippen molar-refractivity contribution in [1.82, 2.24) is 10.3 Å². The van der Waals surface area contributed by atoms with Crippen molar-refractivity contribution < 1.29 is 4.79 Å². The Hall–Kier alpha value is -1.23. The second-order valence-electron chi connectivity index (χ2n) is 3.74. The minimum Gasteiger partial charge on any atom is -0.384 e. The summed E-state index contributed by atoms with van der Waals surface area (Å²) in [5.74, 6) is 1.36. The van der Waals surface area contributed by atoms with E-state index in [4.69, 9.17) is 5.73 Å². The Labute approximate surface area is 100 Å². The topological polar surface area (TPSA) is 68.0 Å². The van der Waals surface area contributed by atoms with Crippen LogP contribution in [-0.4, -0.2) is 22.7 Å². The number of amides is 1. The van der Waals surface area contributed by atoms with E-state index in [1.807, 2.05) is 19.9 Å². The third kappa shape index (κ3) is 5.02. The van der Waals surface area contributed by atoms with E-state index in [2.05, 4.69) is 10.3 Å². The van der Waals surface area contributed by atoms with E-state index in [1.165, 1.54) is 0 Å². The van der Waals surface area contributed by atoms with Crippen LogP contribution in [0.5, 0.6) is 0 Å². The van der Waals surface area contributed by atoms with Crippen LogP contribution >= 0.6 is 11.8 Å². The molecule has 1 aromatic heterocycles. The molecule has 0 aromatic carbocycles. The number of nitrogens with zero attached hydrogens (tertiary/aromatic N) is 1. The Bertz CT molecular complexity index is 338. The molecule has 0 aliphatic rings. The number of carbonyl (C=O) groups excluding carboxylic acids is 1. The summed E-state index contributed by atoms with van der Waals surface area (Å²) >= 11 is 1.61. The van der Waals surface area contributed by atoms with Crippen molar-refractivity contribution in [3.8, 4) is 0 Å². The number of pyridine rings is 1. The highest BCUT2D eigenvalue weighted by molar-refractivity contribution is 7.99. The van der Waals surface area contributed by atoms with Crippen LogP contribution in [0.4, 0.5) is 5.82 Å². The van der Waals surface area contributed by atoms with Crippen molar-refractivity contribution in [3.05, 3.63) is 18.3 Å². The zero-order valence-corrected chi connectivity index (χ0v) is 10.4. The Morgan fingerprint density at radius 1 is 1.56 bits per heavy atom. The van der Waals surface area contributed by atoms with Gasteiger partial charge in [0.1, 0.15) is 5.82 Å². The molecule has 16 heavy (non-hydrogen) atoms. The smallest absolute Gasteiger partial charge is 0.221 e. The molecule has 0 aliphatic heterocycles. The van der Waals surface area contributed by atoms with Gasteiger partial charge in [-0.3, -0.25) is 4.79 Å². The number of aromatic nitrogens is 1. The predicted octanol–water partition coefficient (Wildman–Crippen LogP) is 1.67. The van der Waals surface area contributed by atoms with Crippen molar-refractivity contribution in [2.24, 2.45) is 0 Å². The van der Waals surface area contributed by atoms with Gasteiger partial charge in [0.15, 0.2) is 0 Å². The summed E-state index contributed by atoms with van der Waals surface area (Å²) < 4.78 is 0. The summed E-state index contributed by atoms with van der Waals surface area (Å²) in [6.45, 7) is 3.91. The molecule has 1 amide bonds. The molecule has 3 N–H and O–H groups in total. The lowest BCUT2D eigenvalue weighted by molar-refractivity contribution is -0.121. The van der Waals surface area contributed by atoms with Gasteiger partial charge in [-0.05, 0) is 26.0 Å². The van der Waals surface area contributed by atoms with Gasteiger partial charge < -0.3 is 11.1 Å². The molecule has 0 unspecified atom stereocenters. The number of nitrogen functional groups attached to an aromatic ring is 1. The molecule has 0 saturated heterocycles. The lowest BCUT2D eigenvalue weighted by Gasteiger charge is -2.07. The minimum absolute atomic E-state index is 0.0888. The van der Waals surface area contributed by atoms with E-state index in [0.29, 0.717) is 12.2 Å². The number of rotatable bonds is 5. The van der Waals surface area contributed by atoms with Crippen LogP contribution in [-0.2, 0) is 4.79 Å². The maximum absolute atomic E-state index is 11.3. The van der Waals surface area contributed by atoms with Crippen molar-refractivity contribution in [2.75, 3.05) is 11.5 Å². The average molecular weight is 239 g/mol. The molecule has 1 aromatic rings. The van der Waals surface area contributed by atoms with E-state index in [0.717, 1.165) is 10.6 Å². The second kappa shape index (κ2) is 6.37. The minimum atomic E-state index is 0.0888. The maximum Gasteiger partial charge on any atom is 0.221 e. The summed E-state index contributed by atoms with van der Waals surface area (Å²) in [6.07, 6.45) is 2.24. The first kappa shape index (κ1) is 12.8. The summed E-state index contributed by atoms with van der Waals surface area (Å²) in [4.78, 5) is 16.4. The maximum atomic E-state index is 11.3.